The second kappa shape index (κ2) is 16.5. The molecule has 1 fully saturated rings. The van der Waals surface area contributed by atoms with E-state index < -0.39 is 48.4 Å². The van der Waals surface area contributed by atoms with Gasteiger partial charge in [0.1, 0.15) is 23.9 Å². The first kappa shape index (κ1) is 36.6. The molecule has 43 heavy (non-hydrogen) atoms. The highest BCUT2D eigenvalue weighted by Crippen LogP contribution is 2.35. The summed E-state index contributed by atoms with van der Waals surface area (Å²) in [6.07, 6.45) is 6.55. The van der Waals surface area contributed by atoms with Gasteiger partial charge in [0.2, 0.25) is 0 Å². The van der Waals surface area contributed by atoms with Crippen LogP contribution < -0.4 is 0 Å². The molecule has 0 saturated carbocycles. The molecule has 0 aromatic heterocycles. The second-order valence-corrected chi connectivity index (χ2v) is 12.2. The van der Waals surface area contributed by atoms with Crippen LogP contribution in [-0.2, 0) is 28.5 Å². The number of esters is 2. The molecule has 0 amide bonds. The van der Waals surface area contributed by atoms with Crippen molar-refractivity contribution in [2.75, 3.05) is 0 Å². The Bertz CT molecular complexity index is 1110. The molecule has 0 spiro atoms. The lowest BCUT2D eigenvalue weighted by atomic mass is 9.88. The summed E-state index contributed by atoms with van der Waals surface area (Å²) in [5.41, 5.74) is 1.87. The summed E-state index contributed by atoms with van der Waals surface area (Å²) >= 11 is 0. The van der Waals surface area contributed by atoms with Crippen molar-refractivity contribution >= 4 is 11.9 Å². The zero-order chi connectivity index (χ0) is 32.5. The maximum atomic E-state index is 12.6. The molecule has 242 valence electrons. The van der Waals surface area contributed by atoms with Crippen molar-refractivity contribution in [3.8, 4) is 0 Å². The Kier molecular flexibility index (Phi) is 14.1. The van der Waals surface area contributed by atoms with E-state index in [4.69, 9.17) is 18.9 Å². The fraction of sp³-hybridized carbons (Fsp3) is 0.647. The van der Waals surface area contributed by atoms with Gasteiger partial charge in [0.25, 0.3) is 0 Å². The third-order valence-corrected chi connectivity index (χ3v) is 7.98. The molecule has 9 heteroatoms. The smallest absolute Gasteiger partial charge is 0.333 e. The van der Waals surface area contributed by atoms with Gasteiger partial charge in [-0.2, -0.15) is 0 Å². The van der Waals surface area contributed by atoms with Crippen molar-refractivity contribution in [2.45, 2.75) is 137 Å². The lowest BCUT2D eigenvalue weighted by Gasteiger charge is -2.47. The third-order valence-electron chi connectivity index (χ3n) is 7.98. The van der Waals surface area contributed by atoms with Crippen LogP contribution in [-0.4, -0.2) is 75.8 Å². The Morgan fingerprint density at radius 2 is 1.70 bits per heavy atom. The highest BCUT2D eigenvalue weighted by molar-refractivity contribution is 5.88. The minimum atomic E-state index is -1.48. The number of rotatable bonds is 5. The number of aliphatic hydroxyl groups is 3. The molecule has 8 atom stereocenters. The van der Waals surface area contributed by atoms with E-state index in [0.29, 0.717) is 31.3 Å². The van der Waals surface area contributed by atoms with E-state index in [0.717, 1.165) is 16.7 Å². The standard InChI is InChI=1S/C34H52O9/c1-10-25-19-22(5)27(36)15-13-12-14-21(4)32(39)41-26(11-2)17-16-20(3)18-23(6)30(25)42-33-29(38)28(37)31(40-24(7)35)34(8,9)43-33/h12-14,16,18-19,25-31,33,36-38H,10-11,15,17H2,1-9H3/b13-12+,20-16+,21-14+,22-19+,23-18+/t25?,26?,27?,28-,29+,30?,31+,33-/m1/s1. The van der Waals surface area contributed by atoms with E-state index >= 15 is 0 Å². The van der Waals surface area contributed by atoms with Gasteiger partial charge in [0.05, 0.1) is 12.2 Å². The van der Waals surface area contributed by atoms with Crippen LogP contribution in [0, 0.1) is 5.92 Å². The van der Waals surface area contributed by atoms with Crippen LogP contribution in [0.1, 0.15) is 88.0 Å². The van der Waals surface area contributed by atoms with Crippen LogP contribution in [0.4, 0.5) is 0 Å². The summed E-state index contributed by atoms with van der Waals surface area (Å²) < 4.78 is 23.6. The van der Waals surface area contributed by atoms with Gasteiger partial charge < -0.3 is 34.3 Å². The zero-order valence-electron chi connectivity index (χ0n) is 27.2. The summed E-state index contributed by atoms with van der Waals surface area (Å²) in [4.78, 5) is 24.3. The molecule has 1 saturated heterocycles. The fourth-order valence-corrected chi connectivity index (χ4v) is 5.28. The van der Waals surface area contributed by atoms with E-state index in [2.05, 4.69) is 0 Å². The molecule has 3 N–H and O–H groups in total. The third kappa shape index (κ3) is 10.5. The molecule has 0 bridgehead atoms. The molecule has 2 rings (SSSR count). The number of cyclic esters (lactones) is 1. The maximum Gasteiger partial charge on any atom is 0.333 e. The summed E-state index contributed by atoms with van der Waals surface area (Å²) in [6, 6.07) is 0. The van der Waals surface area contributed by atoms with Crippen molar-refractivity contribution in [1.29, 1.82) is 0 Å². The van der Waals surface area contributed by atoms with Gasteiger partial charge in [-0.1, -0.05) is 55.9 Å². The topological polar surface area (TPSA) is 132 Å². The molecule has 2 heterocycles. The molecule has 9 nitrogen and oxygen atoms in total. The molecule has 2 aliphatic rings. The van der Waals surface area contributed by atoms with Crippen LogP contribution in [0.3, 0.4) is 0 Å². The number of hydrogen-bond acceptors (Lipinski definition) is 9. The monoisotopic (exact) mass is 604 g/mol. The van der Waals surface area contributed by atoms with E-state index in [1.807, 2.05) is 52.8 Å². The number of carbonyl (C=O) groups excluding carboxylic acids is 2. The maximum absolute atomic E-state index is 12.6. The van der Waals surface area contributed by atoms with Gasteiger partial charge in [-0.15, -0.1) is 0 Å². The number of carbonyl (C=O) groups is 2. The molecule has 0 aliphatic carbocycles. The summed E-state index contributed by atoms with van der Waals surface area (Å²) in [5, 5.41) is 32.8. The van der Waals surface area contributed by atoms with Crippen molar-refractivity contribution in [1.82, 2.24) is 0 Å². The second-order valence-electron chi connectivity index (χ2n) is 12.2. The SMILES string of the molecule is CCC1C/C=C(C)/C=C(\C)C(O[C@@H]2OC(C)(C)[C@@H](OC(C)=O)[C@H](O)[C@@H]2O)C(CC)/C=C(\C)C(O)C/C=C/C=C(\C)C(=O)O1. The molecule has 0 aromatic carbocycles. The molecule has 4 unspecified atom stereocenters. The summed E-state index contributed by atoms with van der Waals surface area (Å²) in [6.45, 7) is 16.0. The summed E-state index contributed by atoms with van der Waals surface area (Å²) in [7, 11) is 0. The molecule has 0 aromatic rings. The number of hydrogen-bond donors (Lipinski definition) is 3. The van der Waals surface area contributed by atoms with Crippen molar-refractivity contribution in [3.05, 3.63) is 58.7 Å². The van der Waals surface area contributed by atoms with Crippen molar-refractivity contribution in [2.24, 2.45) is 5.92 Å². The lowest BCUT2D eigenvalue weighted by Crippen LogP contribution is -2.64. The molecular formula is C34H52O9. The fourth-order valence-electron chi connectivity index (χ4n) is 5.28. The van der Waals surface area contributed by atoms with Crippen LogP contribution >= 0.6 is 0 Å². The van der Waals surface area contributed by atoms with E-state index in [-0.39, 0.29) is 18.0 Å². The molecular weight excluding hydrogens is 552 g/mol. The minimum absolute atomic E-state index is 0.213. The zero-order valence-corrected chi connectivity index (χ0v) is 27.2. The Balaban J connectivity index is 2.53. The first-order chi connectivity index (χ1) is 20.1. The van der Waals surface area contributed by atoms with Gasteiger partial charge in [-0.3, -0.25) is 4.79 Å². The first-order valence-electron chi connectivity index (χ1n) is 15.2. The van der Waals surface area contributed by atoms with Gasteiger partial charge in [-0.25, -0.2) is 4.79 Å². The van der Waals surface area contributed by atoms with Gasteiger partial charge >= 0.3 is 11.9 Å². The van der Waals surface area contributed by atoms with Crippen LogP contribution in [0.15, 0.2) is 58.7 Å². The van der Waals surface area contributed by atoms with Crippen LogP contribution in [0.2, 0.25) is 0 Å². The largest absolute Gasteiger partial charge is 0.459 e. The highest BCUT2D eigenvalue weighted by Gasteiger charge is 2.52. The first-order valence-corrected chi connectivity index (χ1v) is 15.2. The van der Waals surface area contributed by atoms with Gasteiger partial charge in [0.15, 0.2) is 12.4 Å². The van der Waals surface area contributed by atoms with Crippen molar-refractivity contribution < 1.29 is 43.9 Å². The Morgan fingerprint density at radius 3 is 2.30 bits per heavy atom. The molecule has 2 aliphatic heterocycles. The minimum Gasteiger partial charge on any atom is -0.459 e. The Morgan fingerprint density at radius 1 is 1.02 bits per heavy atom. The predicted octanol–water partition coefficient (Wildman–Crippen LogP) is 5.00. The Hall–Kier alpha value is -2.56. The van der Waals surface area contributed by atoms with Crippen molar-refractivity contribution in [3.63, 3.8) is 0 Å². The predicted molar refractivity (Wildman–Crippen MR) is 165 cm³/mol. The quantitative estimate of drug-likeness (QED) is 0.293. The summed E-state index contributed by atoms with van der Waals surface area (Å²) in [5.74, 6) is -1.18. The van der Waals surface area contributed by atoms with E-state index in [1.165, 1.54) is 6.92 Å². The number of ether oxygens (including phenoxy) is 4. The average molecular weight is 605 g/mol. The van der Waals surface area contributed by atoms with E-state index in [1.54, 1.807) is 39.0 Å². The Labute approximate surface area is 256 Å². The lowest BCUT2D eigenvalue weighted by molar-refractivity contribution is -0.333. The normalized spacial score (nSPS) is 38.7. The number of aliphatic hydroxyl groups excluding tert-OH is 3. The van der Waals surface area contributed by atoms with Gasteiger partial charge in [-0.05, 0) is 72.0 Å². The highest BCUT2D eigenvalue weighted by atomic mass is 16.7. The van der Waals surface area contributed by atoms with Crippen LogP contribution in [0.25, 0.3) is 0 Å². The van der Waals surface area contributed by atoms with E-state index in [9.17, 15) is 24.9 Å². The van der Waals surface area contributed by atoms with Crippen LogP contribution in [0.5, 0.6) is 0 Å². The molecule has 0 radical (unpaired) electrons. The number of allylic oxidation sites excluding steroid dienone is 4. The van der Waals surface area contributed by atoms with Gasteiger partial charge in [0, 0.05) is 24.8 Å². The average Bonchev–Trinajstić information content (AvgIpc) is 2.94.